The standard InChI is InChI=1S/C23H46O4/c1-18-14-12-13-15-23(18,26-24-21(8,9)16-19(2,3)4)27-25-22(10,11)17-20(5,6)7/h18H,12-17H2,1-11H3. The number of hydrogen-bond acceptors (Lipinski definition) is 4. The molecule has 0 aromatic rings. The second-order valence-electron chi connectivity index (χ2n) is 12.3. The van der Waals surface area contributed by atoms with E-state index in [0.29, 0.717) is 0 Å². The smallest absolute Gasteiger partial charge is 0.228 e. The van der Waals surface area contributed by atoms with Crippen LogP contribution in [0.3, 0.4) is 0 Å². The first kappa shape index (κ1) is 24.9. The summed E-state index contributed by atoms with van der Waals surface area (Å²) >= 11 is 0. The van der Waals surface area contributed by atoms with E-state index in [-0.39, 0.29) is 16.7 Å². The Labute approximate surface area is 168 Å². The third kappa shape index (κ3) is 9.25. The molecule has 4 heteroatoms. The molecule has 1 rings (SSSR count). The molecule has 0 N–H and O–H groups in total. The van der Waals surface area contributed by atoms with Crippen LogP contribution in [0.25, 0.3) is 0 Å². The van der Waals surface area contributed by atoms with Gasteiger partial charge in [-0.25, -0.2) is 9.78 Å². The topological polar surface area (TPSA) is 36.9 Å². The maximum atomic E-state index is 6.07. The van der Waals surface area contributed by atoms with Crippen molar-refractivity contribution in [3.63, 3.8) is 0 Å². The second kappa shape index (κ2) is 8.69. The van der Waals surface area contributed by atoms with E-state index in [1.807, 2.05) is 0 Å². The van der Waals surface area contributed by atoms with Crippen molar-refractivity contribution in [1.29, 1.82) is 0 Å². The summed E-state index contributed by atoms with van der Waals surface area (Å²) in [6.45, 7) is 23.7. The predicted molar refractivity (Wildman–Crippen MR) is 111 cm³/mol. The lowest BCUT2D eigenvalue weighted by Crippen LogP contribution is -2.49. The largest absolute Gasteiger partial charge is 0.236 e. The van der Waals surface area contributed by atoms with Gasteiger partial charge in [0.05, 0.1) is 11.2 Å². The molecule has 0 saturated heterocycles. The molecule has 1 aliphatic carbocycles. The molecule has 0 bridgehead atoms. The molecule has 1 saturated carbocycles. The summed E-state index contributed by atoms with van der Waals surface area (Å²) in [5.74, 6) is -0.634. The Balaban J connectivity index is 2.84. The van der Waals surface area contributed by atoms with Gasteiger partial charge in [0.2, 0.25) is 5.79 Å². The number of hydrogen-bond donors (Lipinski definition) is 0. The van der Waals surface area contributed by atoms with Gasteiger partial charge in [-0.05, 0) is 64.2 Å². The number of rotatable bonds is 8. The Bertz CT molecular complexity index is 422. The maximum absolute atomic E-state index is 6.07. The van der Waals surface area contributed by atoms with Gasteiger partial charge in [0.15, 0.2) is 0 Å². The third-order valence-electron chi connectivity index (χ3n) is 4.89. The van der Waals surface area contributed by atoms with Gasteiger partial charge in [-0.3, -0.25) is 0 Å². The van der Waals surface area contributed by atoms with Crippen LogP contribution in [-0.4, -0.2) is 17.0 Å². The third-order valence-corrected chi connectivity index (χ3v) is 4.89. The first-order valence-corrected chi connectivity index (χ1v) is 10.7. The van der Waals surface area contributed by atoms with Crippen molar-refractivity contribution in [2.45, 2.75) is 132 Å². The molecule has 162 valence electrons. The first-order chi connectivity index (χ1) is 12.0. The maximum Gasteiger partial charge on any atom is 0.236 e. The van der Waals surface area contributed by atoms with Crippen LogP contribution in [0.15, 0.2) is 0 Å². The molecular weight excluding hydrogens is 340 g/mol. The van der Waals surface area contributed by atoms with Crippen LogP contribution in [0.5, 0.6) is 0 Å². The second-order valence-corrected chi connectivity index (χ2v) is 12.3. The van der Waals surface area contributed by atoms with Crippen LogP contribution in [0, 0.1) is 16.7 Å². The van der Waals surface area contributed by atoms with Crippen molar-refractivity contribution in [1.82, 2.24) is 0 Å². The highest BCUT2D eigenvalue weighted by molar-refractivity contribution is 4.82. The quantitative estimate of drug-likeness (QED) is 0.251. The molecule has 0 amide bonds. The van der Waals surface area contributed by atoms with E-state index in [1.54, 1.807) is 0 Å². The highest BCUT2D eigenvalue weighted by atomic mass is 17.3. The van der Waals surface area contributed by atoms with Crippen LogP contribution >= 0.6 is 0 Å². The molecule has 1 aliphatic rings. The van der Waals surface area contributed by atoms with E-state index in [0.717, 1.165) is 32.1 Å². The monoisotopic (exact) mass is 386 g/mol. The lowest BCUT2D eigenvalue weighted by atomic mass is 9.83. The molecule has 1 unspecified atom stereocenters. The van der Waals surface area contributed by atoms with E-state index in [9.17, 15) is 0 Å². The molecule has 0 spiro atoms. The Morgan fingerprint density at radius 3 is 1.44 bits per heavy atom. The van der Waals surface area contributed by atoms with E-state index >= 15 is 0 Å². The minimum absolute atomic E-state index is 0.157. The summed E-state index contributed by atoms with van der Waals surface area (Å²) in [5.41, 5.74) is -0.478. The molecular formula is C23H46O4. The molecule has 1 atom stereocenters. The van der Waals surface area contributed by atoms with E-state index in [4.69, 9.17) is 19.6 Å². The average Bonchev–Trinajstić information content (AvgIpc) is 2.40. The van der Waals surface area contributed by atoms with Crippen LogP contribution < -0.4 is 0 Å². The minimum atomic E-state index is -0.845. The Morgan fingerprint density at radius 1 is 0.704 bits per heavy atom. The van der Waals surface area contributed by atoms with Crippen LogP contribution in [0.2, 0.25) is 0 Å². The molecule has 0 aromatic carbocycles. The zero-order chi connectivity index (χ0) is 21.1. The molecule has 0 aliphatic heterocycles. The Morgan fingerprint density at radius 2 is 1.11 bits per heavy atom. The molecule has 0 aromatic heterocycles. The zero-order valence-corrected chi connectivity index (χ0v) is 20.0. The van der Waals surface area contributed by atoms with Gasteiger partial charge in [0, 0.05) is 12.3 Å². The summed E-state index contributed by atoms with van der Waals surface area (Å²) in [6, 6.07) is 0. The van der Waals surface area contributed by atoms with Gasteiger partial charge in [0.25, 0.3) is 0 Å². The summed E-state index contributed by atoms with van der Waals surface area (Å²) in [6.07, 6.45) is 5.85. The van der Waals surface area contributed by atoms with Crippen molar-refractivity contribution in [3.05, 3.63) is 0 Å². The lowest BCUT2D eigenvalue weighted by Gasteiger charge is -2.43. The molecule has 1 fully saturated rings. The van der Waals surface area contributed by atoms with Gasteiger partial charge < -0.3 is 0 Å². The highest BCUT2D eigenvalue weighted by Gasteiger charge is 2.46. The van der Waals surface area contributed by atoms with Gasteiger partial charge in [0.1, 0.15) is 0 Å². The van der Waals surface area contributed by atoms with Crippen LogP contribution in [0.4, 0.5) is 0 Å². The highest BCUT2D eigenvalue weighted by Crippen LogP contribution is 2.42. The van der Waals surface area contributed by atoms with E-state index in [2.05, 4.69) is 76.2 Å². The van der Waals surface area contributed by atoms with Crippen molar-refractivity contribution in [3.8, 4) is 0 Å². The van der Waals surface area contributed by atoms with Crippen molar-refractivity contribution < 1.29 is 19.6 Å². The molecule has 0 heterocycles. The summed E-state index contributed by atoms with van der Waals surface area (Å²) < 4.78 is 0. The molecule has 4 nitrogen and oxygen atoms in total. The van der Waals surface area contributed by atoms with Crippen LogP contribution in [0.1, 0.15) is 115 Å². The van der Waals surface area contributed by atoms with Crippen molar-refractivity contribution in [2.24, 2.45) is 16.7 Å². The van der Waals surface area contributed by atoms with E-state index < -0.39 is 17.0 Å². The summed E-state index contributed by atoms with van der Waals surface area (Å²) in [7, 11) is 0. The first-order valence-electron chi connectivity index (χ1n) is 10.7. The Hall–Kier alpha value is -0.160. The van der Waals surface area contributed by atoms with E-state index in [1.165, 1.54) is 6.42 Å². The normalized spacial score (nSPS) is 22.1. The lowest BCUT2D eigenvalue weighted by molar-refractivity contribution is -0.558. The van der Waals surface area contributed by atoms with Gasteiger partial charge in [-0.15, -0.1) is 0 Å². The van der Waals surface area contributed by atoms with Crippen molar-refractivity contribution >= 4 is 0 Å². The van der Waals surface area contributed by atoms with Crippen molar-refractivity contribution in [2.75, 3.05) is 0 Å². The zero-order valence-electron chi connectivity index (χ0n) is 20.0. The molecule has 27 heavy (non-hydrogen) atoms. The molecule has 0 radical (unpaired) electrons. The average molecular weight is 387 g/mol. The minimum Gasteiger partial charge on any atom is -0.228 e. The SMILES string of the molecule is CC1CCCCC1(OOC(C)(C)CC(C)(C)C)OOC(C)(C)CC(C)(C)C. The van der Waals surface area contributed by atoms with Gasteiger partial charge in [-0.2, -0.15) is 9.78 Å². The van der Waals surface area contributed by atoms with Gasteiger partial charge >= 0.3 is 0 Å². The Kier molecular flexibility index (Phi) is 8.00. The predicted octanol–water partition coefficient (Wildman–Crippen LogP) is 7.22. The fourth-order valence-electron chi connectivity index (χ4n) is 4.53. The van der Waals surface area contributed by atoms with Crippen LogP contribution in [-0.2, 0) is 19.6 Å². The van der Waals surface area contributed by atoms with Gasteiger partial charge in [-0.1, -0.05) is 54.9 Å². The fraction of sp³-hybridized carbons (Fsp3) is 1.00. The summed E-state index contributed by atoms with van der Waals surface area (Å²) in [5, 5.41) is 0. The summed E-state index contributed by atoms with van der Waals surface area (Å²) in [4.78, 5) is 24.1. The fourth-order valence-corrected chi connectivity index (χ4v) is 4.53.